The molecule has 1 saturated heterocycles. The molecule has 7 heteroatoms. The summed E-state index contributed by atoms with van der Waals surface area (Å²) in [5.41, 5.74) is 2.91. The Morgan fingerprint density at radius 1 is 1.12 bits per heavy atom. The first kappa shape index (κ1) is 16.6. The second kappa shape index (κ2) is 6.32. The Bertz CT molecular complexity index is 865. The van der Waals surface area contributed by atoms with Crippen molar-refractivity contribution in [3.8, 4) is 0 Å². The van der Waals surface area contributed by atoms with E-state index in [1.165, 1.54) is 12.3 Å². The summed E-state index contributed by atoms with van der Waals surface area (Å²) in [6.07, 6.45) is 3.34. The van der Waals surface area contributed by atoms with E-state index in [4.69, 9.17) is 0 Å². The van der Waals surface area contributed by atoms with Crippen LogP contribution in [0, 0.1) is 13.8 Å². The molecule has 2 heterocycles. The number of hydrogen-bond donors (Lipinski definition) is 2. The molecule has 0 bridgehead atoms. The average molecular weight is 347 g/mol. The molecule has 1 aliphatic heterocycles. The molecule has 0 radical (unpaired) electrons. The predicted octanol–water partition coefficient (Wildman–Crippen LogP) is 2.67. The molecule has 1 amide bonds. The maximum Gasteiger partial charge on any atom is 0.270 e. The molecule has 0 aliphatic carbocycles. The minimum atomic E-state index is -3.73. The van der Waals surface area contributed by atoms with Gasteiger partial charge < -0.3 is 9.88 Å². The van der Waals surface area contributed by atoms with Crippen LogP contribution < -0.4 is 4.72 Å². The van der Waals surface area contributed by atoms with Gasteiger partial charge in [-0.15, -0.1) is 0 Å². The first-order valence-electron chi connectivity index (χ1n) is 7.94. The summed E-state index contributed by atoms with van der Waals surface area (Å²) in [6, 6.07) is 6.77. The maximum atomic E-state index is 12.5. The molecule has 3 rings (SSSR count). The number of likely N-dealkylation sites (tertiary alicyclic amines) is 1. The molecule has 1 aromatic carbocycles. The van der Waals surface area contributed by atoms with Crippen LogP contribution in [0.1, 0.15) is 34.5 Å². The zero-order valence-corrected chi connectivity index (χ0v) is 14.6. The molecule has 1 aliphatic rings. The van der Waals surface area contributed by atoms with E-state index in [-0.39, 0.29) is 10.8 Å². The van der Waals surface area contributed by atoms with E-state index >= 15 is 0 Å². The van der Waals surface area contributed by atoms with Gasteiger partial charge in [-0.05, 0) is 56.0 Å². The van der Waals surface area contributed by atoms with Crippen molar-refractivity contribution in [2.24, 2.45) is 0 Å². The lowest BCUT2D eigenvalue weighted by Gasteiger charge is -2.13. The van der Waals surface area contributed by atoms with E-state index in [0.29, 0.717) is 11.4 Å². The van der Waals surface area contributed by atoms with Crippen molar-refractivity contribution in [2.45, 2.75) is 31.6 Å². The minimum Gasteiger partial charge on any atom is -0.356 e. The second-order valence-electron chi connectivity index (χ2n) is 6.15. The highest BCUT2D eigenvalue weighted by molar-refractivity contribution is 7.92. The van der Waals surface area contributed by atoms with Gasteiger partial charge in [0.1, 0.15) is 10.6 Å². The summed E-state index contributed by atoms with van der Waals surface area (Å²) in [5.74, 6) is -0.153. The molecule has 0 saturated carbocycles. The number of rotatable bonds is 4. The topological polar surface area (TPSA) is 82.3 Å². The van der Waals surface area contributed by atoms with Crippen molar-refractivity contribution in [2.75, 3.05) is 17.8 Å². The van der Waals surface area contributed by atoms with E-state index in [2.05, 4.69) is 9.71 Å². The molecule has 0 atom stereocenters. The zero-order chi connectivity index (χ0) is 17.3. The van der Waals surface area contributed by atoms with Crippen LogP contribution in [0.5, 0.6) is 0 Å². The molecule has 24 heavy (non-hydrogen) atoms. The SMILES string of the molecule is Cc1ccc(NS(=O)(=O)c2c[nH]c(C(=O)N3CCCC3)c2)cc1C. The Morgan fingerprint density at radius 2 is 1.83 bits per heavy atom. The first-order chi connectivity index (χ1) is 11.4. The third-order valence-electron chi connectivity index (χ3n) is 4.35. The lowest BCUT2D eigenvalue weighted by atomic mass is 10.1. The third-order valence-corrected chi connectivity index (χ3v) is 5.71. The van der Waals surface area contributed by atoms with E-state index < -0.39 is 10.0 Å². The Labute approximate surface area is 141 Å². The Morgan fingerprint density at radius 3 is 2.50 bits per heavy atom. The average Bonchev–Trinajstić information content (AvgIpc) is 3.21. The van der Waals surface area contributed by atoms with Gasteiger partial charge in [0.15, 0.2) is 0 Å². The molecule has 2 aromatic rings. The van der Waals surface area contributed by atoms with Gasteiger partial charge in [-0.1, -0.05) is 6.07 Å². The van der Waals surface area contributed by atoms with Gasteiger partial charge in [-0.3, -0.25) is 9.52 Å². The van der Waals surface area contributed by atoms with Gasteiger partial charge in [-0.2, -0.15) is 0 Å². The summed E-state index contributed by atoms with van der Waals surface area (Å²) in [4.78, 5) is 16.9. The fourth-order valence-corrected chi connectivity index (χ4v) is 3.80. The number of amides is 1. The second-order valence-corrected chi connectivity index (χ2v) is 7.84. The molecular formula is C17H21N3O3S. The molecule has 1 aromatic heterocycles. The minimum absolute atomic E-state index is 0.0586. The first-order valence-corrected chi connectivity index (χ1v) is 9.43. The lowest BCUT2D eigenvalue weighted by Crippen LogP contribution is -2.27. The molecule has 2 N–H and O–H groups in total. The number of nitrogens with zero attached hydrogens (tertiary/aromatic N) is 1. The van der Waals surface area contributed by atoms with Crippen molar-refractivity contribution in [3.05, 3.63) is 47.3 Å². The molecular weight excluding hydrogens is 326 g/mol. The maximum absolute atomic E-state index is 12.5. The lowest BCUT2D eigenvalue weighted by molar-refractivity contribution is 0.0787. The number of aromatic nitrogens is 1. The van der Waals surface area contributed by atoms with Crippen molar-refractivity contribution >= 4 is 21.6 Å². The Kier molecular flexibility index (Phi) is 4.36. The molecule has 0 spiro atoms. The number of benzene rings is 1. The zero-order valence-electron chi connectivity index (χ0n) is 13.8. The molecule has 128 valence electrons. The number of nitrogens with one attached hydrogen (secondary N) is 2. The number of hydrogen-bond acceptors (Lipinski definition) is 3. The van der Waals surface area contributed by atoms with Gasteiger partial charge >= 0.3 is 0 Å². The Hall–Kier alpha value is -2.28. The fourth-order valence-electron chi connectivity index (χ4n) is 2.76. The van der Waals surface area contributed by atoms with Gasteiger partial charge in [0.2, 0.25) is 0 Å². The van der Waals surface area contributed by atoms with Crippen LogP contribution in [0.2, 0.25) is 0 Å². The van der Waals surface area contributed by atoms with Crippen molar-refractivity contribution in [3.63, 3.8) is 0 Å². The third kappa shape index (κ3) is 3.31. The summed E-state index contributed by atoms with van der Waals surface area (Å²) in [7, 11) is -3.73. The van der Waals surface area contributed by atoms with E-state index in [0.717, 1.165) is 37.1 Å². The van der Waals surface area contributed by atoms with Crippen LogP contribution in [0.3, 0.4) is 0 Å². The standard InChI is InChI=1S/C17H21N3O3S/c1-12-5-6-14(9-13(12)2)19-24(22,23)15-10-16(18-11-15)17(21)20-7-3-4-8-20/h5-6,9-11,18-19H,3-4,7-8H2,1-2H3. The van der Waals surface area contributed by atoms with Crippen LogP contribution in [0.4, 0.5) is 5.69 Å². The summed E-state index contributed by atoms with van der Waals surface area (Å²) < 4.78 is 27.5. The molecule has 0 unspecified atom stereocenters. The number of aromatic amines is 1. The van der Waals surface area contributed by atoms with Gasteiger partial charge in [0.05, 0.1) is 0 Å². The van der Waals surface area contributed by atoms with Crippen LogP contribution in [0.15, 0.2) is 35.4 Å². The largest absolute Gasteiger partial charge is 0.356 e. The van der Waals surface area contributed by atoms with Crippen LogP contribution in [-0.2, 0) is 10.0 Å². The van der Waals surface area contributed by atoms with Crippen molar-refractivity contribution < 1.29 is 13.2 Å². The molecule has 6 nitrogen and oxygen atoms in total. The van der Waals surface area contributed by atoms with E-state index in [9.17, 15) is 13.2 Å². The van der Waals surface area contributed by atoms with E-state index in [1.807, 2.05) is 19.9 Å². The van der Waals surface area contributed by atoms with Crippen LogP contribution >= 0.6 is 0 Å². The molecule has 1 fully saturated rings. The smallest absolute Gasteiger partial charge is 0.270 e. The monoisotopic (exact) mass is 347 g/mol. The van der Waals surface area contributed by atoms with Gasteiger partial charge in [0.25, 0.3) is 15.9 Å². The number of anilines is 1. The summed E-state index contributed by atoms with van der Waals surface area (Å²) in [6.45, 7) is 5.34. The summed E-state index contributed by atoms with van der Waals surface area (Å²) in [5, 5.41) is 0. The Balaban J connectivity index is 1.79. The van der Waals surface area contributed by atoms with Gasteiger partial charge in [0, 0.05) is 25.0 Å². The highest BCUT2D eigenvalue weighted by Crippen LogP contribution is 2.20. The highest BCUT2D eigenvalue weighted by Gasteiger charge is 2.23. The van der Waals surface area contributed by atoms with Crippen LogP contribution in [-0.4, -0.2) is 37.3 Å². The number of carbonyl (C=O) groups excluding carboxylic acids is 1. The highest BCUT2D eigenvalue weighted by atomic mass is 32.2. The number of carbonyl (C=O) groups is 1. The number of sulfonamides is 1. The summed E-state index contributed by atoms with van der Waals surface area (Å²) >= 11 is 0. The van der Waals surface area contributed by atoms with Gasteiger partial charge in [-0.25, -0.2) is 8.42 Å². The number of H-pyrrole nitrogens is 1. The van der Waals surface area contributed by atoms with Crippen molar-refractivity contribution in [1.82, 2.24) is 9.88 Å². The van der Waals surface area contributed by atoms with Crippen molar-refractivity contribution in [1.29, 1.82) is 0 Å². The predicted molar refractivity (Wildman–Crippen MR) is 92.7 cm³/mol. The number of aryl methyl sites for hydroxylation is 2. The van der Waals surface area contributed by atoms with Crippen LogP contribution in [0.25, 0.3) is 0 Å². The fraction of sp³-hybridized carbons (Fsp3) is 0.353. The quantitative estimate of drug-likeness (QED) is 0.892. The normalized spacial score (nSPS) is 14.8. The van der Waals surface area contributed by atoms with E-state index in [1.54, 1.807) is 17.0 Å².